The van der Waals surface area contributed by atoms with Gasteiger partial charge in [0, 0.05) is 5.92 Å². The number of hydrogen-bond acceptors (Lipinski definition) is 0. The van der Waals surface area contributed by atoms with Gasteiger partial charge < -0.3 is 0 Å². The average molecular weight is 434 g/mol. The molecule has 15 heteroatoms. The van der Waals surface area contributed by atoms with Crippen LogP contribution in [0.4, 0.5) is 61.5 Å². The van der Waals surface area contributed by atoms with E-state index >= 15 is 0 Å². The van der Waals surface area contributed by atoms with E-state index in [0.717, 1.165) is 0 Å². The predicted octanol–water partition coefficient (Wildman–Crippen LogP) is 5.83. The summed E-state index contributed by atoms with van der Waals surface area (Å²) in [5, 5.41) is 11.0. The first-order valence-corrected chi connectivity index (χ1v) is 6.80. The fourth-order valence-corrected chi connectivity index (χ4v) is 2.63. The van der Waals surface area contributed by atoms with Crippen molar-refractivity contribution in [2.24, 2.45) is 5.92 Å². The second-order valence-corrected chi connectivity index (χ2v) is 5.90. The van der Waals surface area contributed by atoms with Crippen molar-refractivity contribution in [1.29, 1.82) is 0 Å². The van der Waals surface area contributed by atoms with E-state index in [4.69, 9.17) is 0 Å². The van der Waals surface area contributed by atoms with E-state index in [2.05, 4.69) is 0 Å². The second kappa shape index (κ2) is 6.51. The van der Waals surface area contributed by atoms with Gasteiger partial charge in [0.1, 0.15) is 0 Å². The zero-order valence-corrected chi connectivity index (χ0v) is 12.5. The van der Waals surface area contributed by atoms with E-state index < -0.39 is 73.2 Å². The Hall–Kier alpha value is -1.02. The minimum Gasteiger partial charge on any atom is -0.233 e. The average Bonchev–Trinajstić information content (AvgIpc) is 2.90. The van der Waals surface area contributed by atoms with E-state index in [9.17, 15) is 66.6 Å². The standard InChI is InChI=1S/C12H8F14O/c13-6(14)7(15,4-1-2-5(27)3-4)8(16,17)9(18,19)10(20,21)11(22,23)12(24,25)26/h4-5H,1-3H2. The molecule has 3 atom stereocenters. The normalized spacial score (nSPS) is 25.8. The van der Waals surface area contributed by atoms with Gasteiger partial charge in [0.15, 0.2) is 0 Å². The molecule has 2 radical (unpaired) electrons. The summed E-state index contributed by atoms with van der Waals surface area (Å²) in [4.78, 5) is 0. The molecule has 0 N–H and O–H groups in total. The summed E-state index contributed by atoms with van der Waals surface area (Å²) < 4.78 is 182. The Bertz CT molecular complexity index is 541. The van der Waals surface area contributed by atoms with Crippen LogP contribution in [-0.2, 0) is 5.11 Å². The zero-order chi connectivity index (χ0) is 21.9. The van der Waals surface area contributed by atoms with Crippen molar-refractivity contribution in [3.63, 3.8) is 0 Å². The van der Waals surface area contributed by atoms with Crippen molar-refractivity contribution in [2.45, 2.75) is 60.9 Å². The highest BCUT2D eigenvalue weighted by Gasteiger charge is 2.91. The lowest BCUT2D eigenvalue weighted by atomic mass is 9.77. The van der Waals surface area contributed by atoms with Crippen LogP contribution in [0.15, 0.2) is 0 Å². The van der Waals surface area contributed by atoms with Crippen LogP contribution < -0.4 is 0 Å². The quantitative estimate of drug-likeness (QED) is 0.470. The Balaban J connectivity index is 3.56. The maximum Gasteiger partial charge on any atom is 0.460 e. The molecule has 1 aliphatic carbocycles. The Labute approximate surface area is 141 Å². The van der Waals surface area contributed by atoms with Gasteiger partial charge in [-0.25, -0.2) is 9.50 Å². The first-order valence-electron chi connectivity index (χ1n) is 6.80. The number of hydrogen-bond donors (Lipinski definition) is 0. The lowest BCUT2D eigenvalue weighted by molar-refractivity contribution is -0.435. The van der Waals surface area contributed by atoms with Crippen molar-refractivity contribution in [3.05, 3.63) is 6.43 Å². The molecule has 0 heterocycles. The minimum absolute atomic E-state index is 0.819. The van der Waals surface area contributed by atoms with Gasteiger partial charge in [0.25, 0.3) is 5.67 Å². The summed E-state index contributed by atoms with van der Waals surface area (Å²) in [6.07, 6.45) is -17.3. The molecule has 0 aromatic rings. The van der Waals surface area contributed by atoms with Crippen LogP contribution >= 0.6 is 0 Å². The van der Waals surface area contributed by atoms with E-state index in [1.807, 2.05) is 0 Å². The summed E-state index contributed by atoms with van der Waals surface area (Å²) in [7, 11) is 0. The molecule has 1 rings (SSSR count). The van der Waals surface area contributed by atoms with Crippen LogP contribution in [0.2, 0.25) is 0 Å². The maximum absolute atomic E-state index is 14.3. The fourth-order valence-electron chi connectivity index (χ4n) is 2.63. The van der Waals surface area contributed by atoms with Crippen LogP contribution in [-0.4, -0.2) is 41.6 Å². The molecule has 1 saturated carbocycles. The molecule has 1 aliphatic rings. The molecular weight excluding hydrogens is 426 g/mol. The lowest BCUT2D eigenvalue weighted by Crippen LogP contribution is -2.72. The summed E-state index contributed by atoms with van der Waals surface area (Å²) in [5.74, 6) is -34.2. The molecule has 160 valence electrons. The topological polar surface area (TPSA) is 19.9 Å². The van der Waals surface area contributed by atoms with Crippen LogP contribution in [0.3, 0.4) is 0 Å². The Morgan fingerprint density at radius 1 is 0.630 bits per heavy atom. The summed E-state index contributed by atoms with van der Waals surface area (Å²) in [5.41, 5.74) is -6.04. The lowest BCUT2D eigenvalue weighted by Gasteiger charge is -2.43. The Morgan fingerprint density at radius 3 is 1.33 bits per heavy atom. The first-order chi connectivity index (χ1) is 11.7. The van der Waals surface area contributed by atoms with Crippen LogP contribution in [0.5, 0.6) is 0 Å². The highest BCUT2D eigenvalue weighted by molar-refractivity contribution is 5.19. The molecule has 27 heavy (non-hydrogen) atoms. The van der Waals surface area contributed by atoms with Gasteiger partial charge in [-0.05, 0) is 19.3 Å². The highest BCUT2D eigenvalue weighted by Crippen LogP contribution is 2.64. The van der Waals surface area contributed by atoms with Gasteiger partial charge in [-0.1, -0.05) is 0 Å². The monoisotopic (exact) mass is 434 g/mol. The van der Waals surface area contributed by atoms with Crippen molar-refractivity contribution in [2.75, 3.05) is 0 Å². The van der Waals surface area contributed by atoms with Crippen molar-refractivity contribution < 1.29 is 66.6 Å². The number of halogens is 14. The molecule has 0 aromatic carbocycles. The van der Waals surface area contributed by atoms with Crippen LogP contribution in [0, 0.1) is 12.3 Å². The van der Waals surface area contributed by atoms with Crippen molar-refractivity contribution in [3.8, 4) is 0 Å². The summed E-state index contributed by atoms with van der Waals surface area (Å²) >= 11 is 0. The van der Waals surface area contributed by atoms with Crippen LogP contribution in [0.1, 0.15) is 19.3 Å². The summed E-state index contributed by atoms with van der Waals surface area (Å²) in [6.45, 7) is 0. The highest BCUT2D eigenvalue weighted by atomic mass is 19.4. The molecule has 0 aromatic heterocycles. The maximum atomic E-state index is 14.3. The zero-order valence-electron chi connectivity index (χ0n) is 12.5. The van der Waals surface area contributed by atoms with E-state index in [0.29, 0.717) is 0 Å². The van der Waals surface area contributed by atoms with Crippen molar-refractivity contribution in [1.82, 2.24) is 0 Å². The molecule has 0 spiro atoms. The molecular formula is C12H8F14O. The predicted molar refractivity (Wildman–Crippen MR) is 57.0 cm³/mol. The molecule has 0 bridgehead atoms. The third-order valence-corrected chi connectivity index (χ3v) is 4.22. The third kappa shape index (κ3) is 3.12. The molecule has 0 amide bonds. The molecule has 1 fully saturated rings. The smallest absolute Gasteiger partial charge is 0.233 e. The number of alkyl halides is 12. The van der Waals surface area contributed by atoms with Gasteiger partial charge in [-0.15, -0.1) is 0 Å². The Kier molecular flexibility index (Phi) is 5.79. The third-order valence-electron chi connectivity index (χ3n) is 4.22. The fraction of sp³-hybridized carbons (Fsp3) is 0.917. The van der Waals surface area contributed by atoms with E-state index in [1.54, 1.807) is 0 Å². The molecule has 0 saturated heterocycles. The van der Waals surface area contributed by atoms with Gasteiger partial charge in [-0.2, -0.15) is 57.1 Å². The number of rotatable bonds is 6. The molecule has 0 aliphatic heterocycles. The first kappa shape index (κ1) is 24.0. The largest absolute Gasteiger partial charge is 0.460 e. The van der Waals surface area contributed by atoms with E-state index in [-0.39, 0.29) is 0 Å². The van der Waals surface area contributed by atoms with Gasteiger partial charge in [-0.3, -0.25) is 0 Å². The Morgan fingerprint density at radius 2 is 1.04 bits per heavy atom. The van der Waals surface area contributed by atoms with E-state index in [1.165, 1.54) is 0 Å². The molecule has 3 unspecified atom stereocenters. The van der Waals surface area contributed by atoms with Crippen LogP contribution in [0.25, 0.3) is 0 Å². The van der Waals surface area contributed by atoms with Gasteiger partial charge in [0.05, 0.1) is 6.10 Å². The van der Waals surface area contributed by atoms with Gasteiger partial charge >= 0.3 is 36.3 Å². The van der Waals surface area contributed by atoms with Crippen molar-refractivity contribution >= 4 is 0 Å². The minimum atomic E-state index is -8.01. The SMILES string of the molecule is [O]C1CCC(C(F)([C](F)F)C(F)(F)C(F)(F)C(F)(F)C(F)(F)C(F)(F)F)C1. The van der Waals surface area contributed by atoms with Gasteiger partial charge in [0.2, 0.25) is 0 Å². The second-order valence-electron chi connectivity index (χ2n) is 5.90. The molecule has 1 nitrogen and oxygen atoms in total. The summed E-state index contributed by atoms with van der Waals surface area (Å²) in [6, 6.07) is 0.